The molecule has 1 aromatic carbocycles. The van der Waals surface area contributed by atoms with Crippen molar-refractivity contribution in [2.45, 2.75) is 19.8 Å². The van der Waals surface area contributed by atoms with Gasteiger partial charge in [0, 0.05) is 11.6 Å². The summed E-state index contributed by atoms with van der Waals surface area (Å²) in [6.07, 6.45) is 3.79. The van der Waals surface area contributed by atoms with Crippen molar-refractivity contribution in [3.63, 3.8) is 0 Å². The predicted molar refractivity (Wildman–Crippen MR) is 83.0 cm³/mol. The highest BCUT2D eigenvalue weighted by molar-refractivity contribution is 6.36. The van der Waals surface area contributed by atoms with Gasteiger partial charge in [0.15, 0.2) is 5.82 Å². The maximum Gasteiger partial charge on any atom is 0.249 e. The third kappa shape index (κ3) is 4.21. The Bertz CT molecular complexity index is 576. The fourth-order valence-corrected chi connectivity index (χ4v) is 2.00. The first-order chi connectivity index (χ1) is 9.69. The first kappa shape index (κ1) is 14.8. The van der Waals surface area contributed by atoms with E-state index in [9.17, 15) is 0 Å². The second-order valence-corrected chi connectivity index (χ2v) is 5.04. The number of nitrogens with zero attached hydrogens (tertiary/aromatic N) is 3. The number of nitrogens with one attached hydrogen (secondary N) is 2. The van der Waals surface area contributed by atoms with E-state index >= 15 is 0 Å². The molecule has 0 unspecified atom stereocenters. The summed E-state index contributed by atoms with van der Waals surface area (Å²) in [5, 5.41) is 15.1. The molecule has 0 saturated carbocycles. The monoisotopic (exact) mass is 311 g/mol. The van der Waals surface area contributed by atoms with E-state index in [1.165, 1.54) is 0 Å². The van der Waals surface area contributed by atoms with Crippen LogP contribution < -0.4 is 10.6 Å². The number of rotatable bonds is 6. The fraction of sp³-hybridized carbons (Fsp3) is 0.308. The van der Waals surface area contributed by atoms with Gasteiger partial charge in [0.25, 0.3) is 0 Å². The van der Waals surface area contributed by atoms with Crippen LogP contribution in [0.15, 0.2) is 24.4 Å². The van der Waals surface area contributed by atoms with Crippen LogP contribution in [0.5, 0.6) is 0 Å². The Labute approximate surface area is 127 Å². The van der Waals surface area contributed by atoms with Gasteiger partial charge in [-0.25, -0.2) is 0 Å². The van der Waals surface area contributed by atoms with Gasteiger partial charge in [-0.2, -0.15) is 10.1 Å². The van der Waals surface area contributed by atoms with E-state index < -0.39 is 0 Å². The highest BCUT2D eigenvalue weighted by atomic mass is 35.5. The molecule has 0 radical (unpaired) electrons. The van der Waals surface area contributed by atoms with Gasteiger partial charge in [-0.05, 0) is 24.6 Å². The van der Waals surface area contributed by atoms with Gasteiger partial charge in [0.2, 0.25) is 5.95 Å². The molecule has 0 spiro atoms. The highest BCUT2D eigenvalue weighted by Gasteiger charge is 2.05. The zero-order valence-electron chi connectivity index (χ0n) is 11.0. The molecule has 5 nitrogen and oxygen atoms in total. The molecule has 2 rings (SSSR count). The van der Waals surface area contributed by atoms with Crippen LogP contribution in [0.3, 0.4) is 0 Å². The lowest BCUT2D eigenvalue weighted by molar-refractivity contribution is 0.827. The van der Waals surface area contributed by atoms with Gasteiger partial charge < -0.3 is 10.6 Å². The van der Waals surface area contributed by atoms with E-state index in [0.29, 0.717) is 27.5 Å². The minimum atomic E-state index is 0.385. The van der Waals surface area contributed by atoms with Crippen LogP contribution in [0.1, 0.15) is 19.8 Å². The van der Waals surface area contributed by atoms with Crippen LogP contribution in [0.2, 0.25) is 10.0 Å². The molecular formula is C13H15Cl2N5. The van der Waals surface area contributed by atoms with Crippen molar-refractivity contribution in [3.05, 3.63) is 34.4 Å². The van der Waals surface area contributed by atoms with Crippen LogP contribution in [0.25, 0.3) is 0 Å². The van der Waals surface area contributed by atoms with Crippen molar-refractivity contribution in [1.82, 2.24) is 15.2 Å². The molecule has 7 heteroatoms. The Morgan fingerprint density at radius 1 is 1.25 bits per heavy atom. The number of halogens is 2. The summed E-state index contributed by atoms with van der Waals surface area (Å²) in [6.45, 7) is 2.99. The second kappa shape index (κ2) is 7.26. The van der Waals surface area contributed by atoms with E-state index in [1.807, 2.05) is 0 Å². The smallest absolute Gasteiger partial charge is 0.249 e. The van der Waals surface area contributed by atoms with E-state index in [-0.39, 0.29) is 0 Å². The van der Waals surface area contributed by atoms with Crippen molar-refractivity contribution in [2.75, 3.05) is 17.2 Å². The summed E-state index contributed by atoms with van der Waals surface area (Å²) in [5.41, 5.74) is 0.684. The van der Waals surface area contributed by atoms with Crippen molar-refractivity contribution >= 4 is 40.7 Å². The maximum absolute atomic E-state index is 6.08. The standard InChI is InChI=1S/C13H15Cl2N5/c1-2-3-6-16-12-8-17-20-13(19-12)18-11-5-4-9(14)7-10(11)15/h4-5,7-8H,2-3,6H2,1H3,(H2,16,18,19,20). The molecule has 0 aliphatic rings. The number of hydrogen-bond donors (Lipinski definition) is 2. The van der Waals surface area contributed by atoms with Gasteiger partial charge in [0.05, 0.1) is 16.9 Å². The fourth-order valence-electron chi connectivity index (χ4n) is 1.55. The molecule has 0 saturated heterocycles. The lowest BCUT2D eigenvalue weighted by Gasteiger charge is -2.08. The first-order valence-corrected chi connectivity index (χ1v) is 7.10. The molecule has 106 valence electrons. The summed E-state index contributed by atoms with van der Waals surface area (Å²) in [5.74, 6) is 1.07. The first-order valence-electron chi connectivity index (χ1n) is 6.34. The van der Waals surface area contributed by atoms with Crippen LogP contribution >= 0.6 is 23.2 Å². The average Bonchev–Trinajstić information content (AvgIpc) is 2.43. The lowest BCUT2D eigenvalue weighted by Crippen LogP contribution is -2.06. The Morgan fingerprint density at radius 3 is 2.85 bits per heavy atom. The topological polar surface area (TPSA) is 62.7 Å². The maximum atomic E-state index is 6.08. The summed E-state index contributed by atoms with van der Waals surface area (Å²) < 4.78 is 0. The normalized spacial score (nSPS) is 10.3. The molecular weight excluding hydrogens is 297 g/mol. The number of anilines is 3. The van der Waals surface area contributed by atoms with E-state index in [1.54, 1.807) is 24.4 Å². The van der Waals surface area contributed by atoms with Gasteiger partial charge in [-0.15, -0.1) is 5.10 Å². The summed E-state index contributed by atoms with van der Waals surface area (Å²) >= 11 is 11.9. The molecule has 0 amide bonds. The van der Waals surface area contributed by atoms with E-state index in [0.717, 1.165) is 19.4 Å². The van der Waals surface area contributed by atoms with Crippen LogP contribution in [0, 0.1) is 0 Å². The molecule has 20 heavy (non-hydrogen) atoms. The number of benzene rings is 1. The second-order valence-electron chi connectivity index (χ2n) is 4.19. The minimum Gasteiger partial charge on any atom is -0.369 e. The Morgan fingerprint density at radius 2 is 2.10 bits per heavy atom. The lowest BCUT2D eigenvalue weighted by atomic mass is 10.3. The number of unbranched alkanes of at least 4 members (excludes halogenated alkanes) is 1. The third-order valence-electron chi connectivity index (χ3n) is 2.57. The third-order valence-corrected chi connectivity index (χ3v) is 3.12. The van der Waals surface area contributed by atoms with E-state index in [4.69, 9.17) is 23.2 Å². The van der Waals surface area contributed by atoms with E-state index in [2.05, 4.69) is 32.7 Å². The highest BCUT2D eigenvalue weighted by Crippen LogP contribution is 2.27. The SMILES string of the molecule is CCCCNc1cnnc(Nc2ccc(Cl)cc2Cl)n1. The van der Waals surface area contributed by atoms with Crippen LogP contribution in [-0.4, -0.2) is 21.7 Å². The molecule has 1 heterocycles. The molecule has 0 aliphatic heterocycles. The molecule has 2 aromatic rings. The van der Waals surface area contributed by atoms with Crippen LogP contribution in [-0.2, 0) is 0 Å². The molecule has 2 N–H and O–H groups in total. The number of aromatic nitrogens is 3. The van der Waals surface area contributed by atoms with Crippen molar-refractivity contribution in [1.29, 1.82) is 0 Å². The minimum absolute atomic E-state index is 0.385. The van der Waals surface area contributed by atoms with Gasteiger partial charge >= 0.3 is 0 Å². The summed E-state index contributed by atoms with van der Waals surface area (Å²) in [4.78, 5) is 4.32. The Kier molecular flexibility index (Phi) is 5.38. The molecule has 0 atom stereocenters. The zero-order chi connectivity index (χ0) is 14.4. The quantitative estimate of drug-likeness (QED) is 0.785. The van der Waals surface area contributed by atoms with Gasteiger partial charge in [-0.3, -0.25) is 0 Å². The zero-order valence-corrected chi connectivity index (χ0v) is 12.5. The van der Waals surface area contributed by atoms with Crippen molar-refractivity contribution in [2.24, 2.45) is 0 Å². The molecule has 0 aliphatic carbocycles. The Balaban J connectivity index is 2.07. The van der Waals surface area contributed by atoms with Gasteiger partial charge in [0.1, 0.15) is 0 Å². The molecule has 0 fully saturated rings. The number of hydrogen-bond acceptors (Lipinski definition) is 5. The Hall–Kier alpha value is -1.59. The van der Waals surface area contributed by atoms with Crippen LogP contribution in [0.4, 0.5) is 17.5 Å². The van der Waals surface area contributed by atoms with Crippen molar-refractivity contribution in [3.8, 4) is 0 Å². The average molecular weight is 312 g/mol. The predicted octanol–water partition coefficient (Wildman–Crippen LogP) is 4.13. The summed E-state index contributed by atoms with van der Waals surface area (Å²) in [7, 11) is 0. The molecule has 0 bridgehead atoms. The largest absolute Gasteiger partial charge is 0.369 e. The van der Waals surface area contributed by atoms with Gasteiger partial charge in [-0.1, -0.05) is 36.5 Å². The van der Waals surface area contributed by atoms with Crippen molar-refractivity contribution < 1.29 is 0 Å². The summed E-state index contributed by atoms with van der Waals surface area (Å²) in [6, 6.07) is 5.17. The molecule has 1 aromatic heterocycles.